The second-order valence-electron chi connectivity index (χ2n) is 8.62. The van der Waals surface area contributed by atoms with Crippen molar-refractivity contribution in [3.05, 3.63) is 34.9 Å². The van der Waals surface area contributed by atoms with Crippen LogP contribution in [-0.2, 0) is 22.7 Å². The van der Waals surface area contributed by atoms with Crippen LogP contribution in [-0.4, -0.2) is 46.8 Å². The van der Waals surface area contributed by atoms with Gasteiger partial charge in [0.2, 0.25) is 11.8 Å². The van der Waals surface area contributed by atoms with Crippen LogP contribution in [0, 0.1) is 0 Å². The van der Waals surface area contributed by atoms with Gasteiger partial charge in [0, 0.05) is 36.7 Å². The van der Waals surface area contributed by atoms with E-state index in [-0.39, 0.29) is 29.7 Å². The summed E-state index contributed by atoms with van der Waals surface area (Å²) in [5, 5.41) is 9.56. The molecule has 2 saturated heterocycles. The summed E-state index contributed by atoms with van der Waals surface area (Å²) in [5.74, 6) is -0.758. The molecule has 3 aliphatic heterocycles. The molecule has 1 aromatic carbocycles. The lowest BCUT2D eigenvalue weighted by Gasteiger charge is -2.40. The van der Waals surface area contributed by atoms with E-state index >= 15 is 0 Å². The number of nitrogens with zero attached hydrogens (tertiary/aromatic N) is 1. The second-order valence-corrected chi connectivity index (χ2v) is 8.62. The first kappa shape index (κ1) is 19.1. The van der Waals surface area contributed by atoms with Crippen LogP contribution in [0.1, 0.15) is 61.0 Å². The van der Waals surface area contributed by atoms with Crippen LogP contribution in [0.25, 0.3) is 0 Å². The Morgan fingerprint density at radius 2 is 2.04 bits per heavy atom. The summed E-state index contributed by atoms with van der Waals surface area (Å²) in [4.78, 5) is 37.9. The zero-order chi connectivity index (χ0) is 19.9. The van der Waals surface area contributed by atoms with Crippen LogP contribution in [0.15, 0.2) is 18.2 Å². The maximum absolute atomic E-state index is 12.8. The van der Waals surface area contributed by atoms with Crippen molar-refractivity contribution in [2.45, 2.75) is 70.2 Å². The predicted molar refractivity (Wildman–Crippen MR) is 104 cm³/mol. The van der Waals surface area contributed by atoms with Crippen LogP contribution in [0.4, 0.5) is 0 Å². The molecule has 0 saturated carbocycles. The monoisotopic (exact) mass is 384 g/mol. The largest absolute Gasteiger partial charge is 0.322 e. The lowest BCUT2D eigenvalue weighted by atomic mass is 9.87. The molecule has 4 rings (SSSR count). The van der Waals surface area contributed by atoms with E-state index < -0.39 is 6.04 Å². The lowest BCUT2D eigenvalue weighted by molar-refractivity contribution is -0.136. The molecule has 0 aromatic heterocycles. The molecule has 1 aromatic rings. The summed E-state index contributed by atoms with van der Waals surface area (Å²) in [6.45, 7) is 6.68. The van der Waals surface area contributed by atoms with Crippen molar-refractivity contribution in [2.24, 2.45) is 0 Å². The minimum atomic E-state index is -0.562. The van der Waals surface area contributed by atoms with Gasteiger partial charge in [-0.25, -0.2) is 0 Å². The third-order valence-corrected chi connectivity index (χ3v) is 6.26. The Morgan fingerprint density at radius 3 is 2.79 bits per heavy atom. The van der Waals surface area contributed by atoms with Gasteiger partial charge in [0.05, 0.1) is 0 Å². The van der Waals surface area contributed by atoms with Gasteiger partial charge < -0.3 is 15.5 Å². The number of imide groups is 1. The van der Waals surface area contributed by atoms with Gasteiger partial charge in [-0.1, -0.05) is 12.1 Å². The van der Waals surface area contributed by atoms with Gasteiger partial charge in [-0.05, 0) is 56.8 Å². The topological polar surface area (TPSA) is 90.5 Å². The molecule has 28 heavy (non-hydrogen) atoms. The number of carbonyl (C=O) groups is 3. The molecule has 0 aliphatic carbocycles. The van der Waals surface area contributed by atoms with E-state index in [1.165, 1.54) is 6.42 Å². The average Bonchev–Trinajstić information content (AvgIpc) is 2.96. The van der Waals surface area contributed by atoms with Crippen molar-refractivity contribution in [2.75, 3.05) is 6.54 Å². The molecular weight excluding hydrogens is 356 g/mol. The smallest absolute Gasteiger partial charge is 0.255 e. The van der Waals surface area contributed by atoms with E-state index in [9.17, 15) is 14.4 Å². The second kappa shape index (κ2) is 7.29. The normalized spacial score (nSPS) is 26.9. The van der Waals surface area contributed by atoms with Crippen LogP contribution >= 0.6 is 0 Å². The number of fused-ring (bicyclic) bond motifs is 1. The minimum Gasteiger partial charge on any atom is -0.322 e. The van der Waals surface area contributed by atoms with Gasteiger partial charge in [0.15, 0.2) is 0 Å². The summed E-state index contributed by atoms with van der Waals surface area (Å²) in [7, 11) is 0. The molecule has 3 heterocycles. The third kappa shape index (κ3) is 3.56. The Labute approximate surface area is 165 Å². The molecule has 0 spiro atoms. The Balaban J connectivity index is 1.44. The van der Waals surface area contributed by atoms with E-state index in [0.29, 0.717) is 24.6 Å². The highest BCUT2D eigenvalue weighted by Crippen LogP contribution is 2.28. The first-order chi connectivity index (χ1) is 13.3. The van der Waals surface area contributed by atoms with E-state index in [2.05, 4.69) is 35.9 Å². The first-order valence-corrected chi connectivity index (χ1v) is 10.1. The standard InChI is InChI=1S/C21H28N4O3/c1-21(2)17(4-3-9-23-21)22-11-13-5-6-15-14(10-13)12-25(20(15)28)16-7-8-18(26)24-19(16)27/h5-6,10,16-17,22-23H,3-4,7-9,11-12H2,1-2H3,(H,24,26,27). The van der Waals surface area contributed by atoms with Crippen molar-refractivity contribution >= 4 is 17.7 Å². The van der Waals surface area contributed by atoms with Gasteiger partial charge in [-0.3, -0.25) is 19.7 Å². The molecule has 7 heteroatoms. The Hall–Kier alpha value is -2.25. The molecule has 150 valence electrons. The van der Waals surface area contributed by atoms with Gasteiger partial charge in [-0.2, -0.15) is 0 Å². The lowest BCUT2D eigenvalue weighted by Crippen LogP contribution is -2.58. The van der Waals surface area contributed by atoms with Crippen LogP contribution in [0.3, 0.4) is 0 Å². The Morgan fingerprint density at radius 1 is 1.21 bits per heavy atom. The average molecular weight is 384 g/mol. The van der Waals surface area contributed by atoms with Crippen LogP contribution in [0.2, 0.25) is 0 Å². The molecule has 7 nitrogen and oxygen atoms in total. The van der Waals surface area contributed by atoms with Gasteiger partial charge in [0.1, 0.15) is 6.04 Å². The SMILES string of the molecule is CC1(C)NCCCC1NCc1ccc2c(c1)CN(C1CCC(=O)NC1=O)C2=O. The molecule has 3 amide bonds. The molecular formula is C21H28N4O3. The zero-order valence-corrected chi connectivity index (χ0v) is 16.5. The fourth-order valence-electron chi connectivity index (χ4n) is 4.54. The number of hydrogen-bond acceptors (Lipinski definition) is 5. The van der Waals surface area contributed by atoms with E-state index in [4.69, 9.17) is 0 Å². The van der Waals surface area contributed by atoms with E-state index in [1.54, 1.807) is 4.90 Å². The van der Waals surface area contributed by atoms with Gasteiger partial charge in [0.25, 0.3) is 5.91 Å². The van der Waals surface area contributed by atoms with Crippen molar-refractivity contribution in [3.63, 3.8) is 0 Å². The number of amides is 3. The zero-order valence-electron chi connectivity index (χ0n) is 16.5. The summed E-state index contributed by atoms with van der Waals surface area (Å²) in [6, 6.07) is 5.76. The molecule has 3 N–H and O–H groups in total. The number of nitrogens with one attached hydrogen (secondary N) is 3. The highest BCUT2D eigenvalue weighted by atomic mass is 16.2. The maximum Gasteiger partial charge on any atom is 0.255 e. The van der Waals surface area contributed by atoms with Crippen molar-refractivity contribution in [1.29, 1.82) is 0 Å². The number of benzene rings is 1. The summed E-state index contributed by atoms with van der Waals surface area (Å²) in [5.41, 5.74) is 2.81. The number of hydrogen-bond donors (Lipinski definition) is 3. The van der Waals surface area contributed by atoms with Crippen molar-refractivity contribution in [1.82, 2.24) is 20.9 Å². The minimum absolute atomic E-state index is 0.0630. The number of carbonyl (C=O) groups excluding carboxylic acids is 3. The number of piperidine rings is 2. The molecule has 3 aliphatic rings. The molecule has 2 unspecified atom stereocenters. The van der Waals surface area contributed by atoms with Crippen LogP contribution < -0.4 is 16.0 Å². The van der Waals surface area contributed by atoms with Crippen LogP contribution in [0.5, 0.6) is 0 Å². The highest BCUT2D eigenvalue weighted by molar-refractivity contribution is 6.05. The number of rotatable bonds is 4. The Kier molecular flexibility index (Phi) is 4.97. The third-order valence-electron chi connectivity index (χ3n) is 6.26. The highest BCUT2D eigenvalue weighted by Gasteiger charge is 2.39. The van der Waals surface area contributed by atoms with E-state index in [0.717, 1.165) is 30.6 Å². The Bertz CT molecular complexity index is 820. The molecule has 0 radical (unpaired) electrons. The van der Waals surface area contributed by atoms with Gasteiger partial charge in [-0.15, -0.1) is 0 Å². The molecule has 0 bridgehead atoms. The fraction of sp³-hybridized carbons (Fsp3) is 0.571. The molecule has 2 atom stereocenters. The first-order valence-electron chi connectivity index (χ1n) is 10.1. The summed E-state index contributed by atoms with van der Waals surface area (Å²) < 4.78 is 0. The van der Waals surface area contributed by atoms with Crippen molar-refractivity contribution < 1.29 is 14.4 Å². The summed E-state index contributed by atoms with van der Waals surface area (Å²) >= 11 is 0. The fourth-order valence-corrected chi connectivity index (χ4v) is 4.54. The summed E-state index contributed by atoms with van der Waals surface area (Å²) in [6.07, 6.45) is 2.98. The maximum atomic E-state index is 12.8. The van der Waals surface area contributed by atoms with E-state index in [1.807, 2.05) is 12.1 Å². The molecule has 2 fully saturated rings. The quantitative estimate of drug-likeness (QED) is 0.676. The van der Waals surface area contributed by atoms with Gasteiger partial charge >= 0.3 is 0 Å². The predicted octanol–water partition coefficient (Wildman–Crippen LogP) is 1.07. The van der Waals surface area contributed by atoms with Crippen molar-refractivity contribution in [3.8, 4) is 0 Å².